The molecular weight excluding hydrogens is 160 g/mol. The van der Waals surface area contributed by atoms with E-state index >= 15 is 0 Å². The van der Waals surface area contributed by atoms with Crippen LogP contribution in [-0.4, -0.2) is 5.78 Å². The predicted molar refractivity (Wildman–Crippen MR) is 53.5 cm³/mol. The van der Waals surface area contributed by atoms with Crippen LogP contribution >= 0.6 is 0 Å². The molecule has 0 bridgehead atoms. The quantitative estimate of drug-likeness (QED) is 0.652. The van der Waals surface area contributed by atoms with Crippen molar-refractivity contribution in [2.24, 2.45) is 17.8 Å². The van der Waals surface area contributed by atoms with Crippen LogP contribution in [0.5, 0.6) is 0 Å². The normalized spacial score (nSPS) is 34.5. The highest BCUT2D eigenvalue weighted by Crippen LogP contribution is 2.47. The zero-order valence-electron chi connectivity index (χ0n) is 8.59. The van der Waals surface area contributed by atoms with Gasteiger partial charge in [-0.05, 0) is 50.4 Å². The molecule has 1 nitrogen and oxygen atoms in total. The molecule has 0 spiro atoms. The molecule has 0 aromatic carbocycles. The lowest BCUT2D eigenvalue weighted by Gasteiger charge is -2.31. The first-order valence-electron chi connectivity index (χ1n) is 5.77. The molecule has 0 N–H and O–H groups in total. The Labute approximate surface area is 80.9 Å². The molecule has 0 radical (unpaired) electrons. The number of hydrogen-bond donors (Lipinski definition) is 0. The Kier molecular flexibility index (Phi) is 2.71. The summed E-state index contributed by atoms with van der Waals surface area (Å²) in [6.45, 7) is 1.75. The third-order valence-corrected chi connectivity index (χ3v) is 3.75. The second kappa shape index (κ2) is 3.81. The first-order chi connectivity index (χ1) is 6.27. The Morgan fingerprint density at radius 1 is 1.15 bits per heavy atom. The first kappa shape index (κ1) is 9.23. The Hall–Kier alpha value is -0.330. The third-order valence-electron chi connectivity index (χ3n) is 3.75. The summed E-state index contributed by atoms with van der Waals surface area (Å²) in [5.41, 5.74) is 0. The van der Waals surface area contributed by atoms with Gasteiger partial charge in [0, 0.05) is 6.42 Å². The van der Waals surface area contributed by atoms with Crippen molar-refractivity contribution >= 4 is 5.78 Å². The first-order valence-corrected chi connectivity index (χ1v) is 5.77. The predicted octanol–water partition coefficient (Wildman–Crippen LogP) is 3.18. The third kappa shape index (κ3) is 2.32. The highest BCUT2D eigenvalue weighted by atomic mass is 16.1. The molecule has 13 heavy (non-hydrogen) atoms. The summed E-state index contributed by atoms with van der Waals surface area (Å²) >= 11 is 0. The van der Waals surface area contributed by atoms with Crippen LogP contribution in [0, 0.1) is 17.8 Å². The van der Waals surface area contributed by atoms with Crippen molar-refractivity contribution in [1.82, 2.24) is 0 Å². The van der Waals surface area contributed by atoms with E-state index in [0.717, 1.165) is 24.2 Å². The molecule has 2 saturated carbocycles. The lowest BCUT2D eigenvalue weighted by molar-refractivity contribution is -0.118. The average Bonchev–Trinajstić information content (AvgIpc) is 2.87. The standard InChI is InChI=1S/C12H20O/c1-9(13)8-11-4-2-3-5-12(11)10-6-7-10/h10-12H,2-8H2,1H3/t11?,12-/m0/s1. The summed E-state index contributed by atoms with van der Waals surface area (Å²) in [5, 5.41) is 0. The van der Waals surface area contributed by atoms with Gasteiger partial charge in [0.05, 0.1) is 0 Å². The molecule has 2 aliphatic carbocycles. The van der Waals surface area contributed by atoms with E-state index < -0.39 is 0 Å². The molecule has 0 aromatic rings. The molecule has 2 atom stereocenters. The van der Waals surface area contributed by atoms with Crippen molar-refractivity contribution in [3.05, 3.63) is 0 Å². The van der Waals surface area contributed by atoms with Crippen molar-refractivity contribution in [3.63, 3.8) is 0 Å². The van der Waals surface area contributed by atoms with E-state index in [9.17, 15) is 4.79 Å². The van der Waals surface area contributed by atoms with Crippen LogP contribution in [0.4, 0.5) is 0 Å². The van der Waals surface area contributed by atoms with Crippen molar-refractivity contribution in [1.29, 1.82) is 0 Å². The molecule has 1 unspecified atom stereocenters. The van der Waals surface area contributed by atoms with E-state index in [4.69, 9.17) is 0 Å². The molecule has 1 heteroatoms. The van der Waals surface area contributed by atoms with Gasteiger partial charge in [-0.25, -0.2) is 0 Å². The van der Waals surface area contributed by atoms with Gasteiger partial charge in [-0.2, -0.15) is 0 Å². The Morgan fingerprint density at radius 2 is 1.85 bits per heavy atom. The second-order valence-corrected chi connectivity index (χ2v) is 4.95. The number of rotatable bonds is 3. The van der Waals surface area contributed by atoms with Crippen molar-refractivity contribution in [2.45, 2.75) is 51.9 Å². The topological polar surface area (TPSA) is 17.1 Å². The highest BCUT2D eigenvalue weighted by Gasteiger charge is 2.37. The van der Waals surface area contributed by atoms with E-state index in [2.05, 4.69) is 0 Å². The van der Waals surface area contributed by atoms with Crippen LogP contribution in [0.15, 0.2) is 0 Å². The van der Waals surface area contributed by atoms with Crippen LogP contribution in [0.1, 0.15) is 51.9 Å². The maximum Gasteiger partial charge on any atom is 0.130 e. The fraction of sp³-hybridized carbons (Fsp3) is 0.917. The van der Waals surface area contributed by atoms with Gasteiger partial charge in [0.1, 0.15) is 5.78 Å². The Balaban J connectivity index is 1.91. The van der Waals surface area contributed by atoms with Crippen LogP contribution in [-0.2, 0) is 4.79 Å². The number of carbonyl (C=O) groups is 1. The zero-order valence-corrected chi connectivity index (χ0v) is 8.59. The van der Waals surface area contributed by atoms with Crippen molar-refractivity contribution < 1.29 is 4.79 Å². The van der Waals surface area contributed by atoms with Crippen LogP contribution in [0.3, 0.4) is 0 Å². The van der Waals surface area contributed by atoms with Crippen LogP contribution in [0.2, 0.25) is 0 Å². The van der Waals surface area contributed by atoms with Crippen molar-refractivity contribution in [2.75, 3.05) is 0 Å². The fourth-order valence-electron chi connectivity index (χ4n) is 3.00. The minimum absolute atomic E-state index is 0.401. The molecule has 2 aliphatic rings. The van der Waals surface area contributed by atoms with Gasteiger partial charge in [-0.1, -0.05) is 12.8 Å². The SMILES string of the molecule is CC(=O)CC1CCCC[C@H]1C1CC1. The van der Waals surface area contributed by atoms with Gasteiger partial charge in [0.15, 0.2) is 0 Å². The maximum atomic E-state index is 11.1. The highest BCUT2D eigenvalue weighted by molar-refractivity contribution is 5.75. The minimum Gasteiger partial charge on any atom is -0.300 e. The molecular formula is C12H20O. The summed E-state index contributed by atoms with van der Waals surface area (Å²) in [6, 6.07) is 0. The number of Topliss-reactive ketones (excluding diaryl/α,β-unsaturated/α-hetero) is 1. The fourth-order valence-corrected chi connectivity index (χ4v) is 3.00. The summed E-state index contributed by atoms with van der Waals surface area (Å²) in [7, 11) is 0. The molecule has 0 saturated heterocycles. The van der Waals surface area contributed by atoms with Gasteiger partial charge < -0.3 is 4.79 Å². The molecule has 2 rings (SSSR count). The lowest BCUT2D eigenvalue weighted by atomic mass is 9.74. The van der Waals surface area contributed by atoms with E-state index in [0.29, 0.717) is 5.78 Å². The van der Waals surface area contributed by atoms with E-state index in [1.807, 2.05) is 0 Å². The molecule has 0 heterocycles. The van der Waals surface area contributed by atoms with Gasteiger partial charge in [-0.15, -0.1) is 0 Å². The largest absolute Gasteiger partial charge is 0.300 e. The van der Waals surface area contributed by atoms with E-state index in [1.54, 1.807) is 6.92 Å². The maximum absolute atomic E-state index is 11.1. The number of ketones is 1. The second-order valence-electron chi connectivity index (χ2n) is 4.95. The molecule has 0 aromatic heterocycles. The smallest absolute Gasteiger partial charge is 0.130 e. The Bertz CT molecular complexity index is 193. The van der Waals surface area contributed by atoms with E-state index in [-0.39, 0.29) is 0 Å². The van der Waals surface area contributed by atoms with E-state index in [1.165, 1.54) is 38.5 Å². The average molecular weight is 180 g/mol. The number of carbonyl (C=O) groups excluding carboxylic acids is 1. The van der Waals surface area contributed by atoms with Crippen LogP contribution in [0.25, 0.3) is 0 Å². The monoisotopic (exact) mass is 180 g/mol. The Morgan fingerprint density at radius 3 is 2.46 bits per heavy atom. The van der Waals surface area contributed by atoms with Gasteiger partial charge >= 0.3 is 0 Å². The summed E-state index contributed by atoms with van der Waals surface area (Å²) in [4.78, 5) is 11.1. The zero-order chi connectivity index (χ0) is 9.26. The van der Waals surface area contributed by atoms with Gasteiger partial charge in [0.25, 0.3) is 0 Å². The molecule has 74 valence electrons. The molecule has 0 amide bonds. The van der Waals surface area contributed by atoms with Crippen molar-refractivity contribution in [3.8, 4) is 0 Å². The lowest BCUT2D eigenvalue weighted by Crippen LogP contribution is -2.23. The summed E-state index contributed by atoms with van der Waals surface area (Å²) in [5.74, 6) is 3.07. The molecule has 2 fully saturated rings. The summed E-state index contributed by atoms with van der Waals surface area (Å²) in [6.07, 6.45) is 9.25. The minimum atomic E-state index is 0.401. The van der Waals surface area contributed by atoms with Crippen LogP contribution < -0.4 is 0 Å². The van der Waals surface area contributed by atoms with Gasteiger partial charge in [-0.3, -0.25) is 0 Å². The summed E-state index contributed by atoms with van der Waals surface area (Å²) < 4.78 is 0. The molecule has 0 aliphatic heterocycles. The van der Waals surface area contributed by atoms with Gasteiger partial charge in [0.2, 0.25) is 0 Å². The number of hydrogen-bond acceptors (Lipinski definition) is 1.